The molecule has 1 unspecified atom stereocenters. The molecule has 0 fully saturated rings. The molecular weight excluding hydrogens is 352 g/mol. The zero-order chi connectivity index (χ0) is 19.2. The van der Waals surface area contributed by atoms with Crippen molar-refractivity contribution >= 4 is 15.9 Å². The minimum Gasteiger partial charge on any atom is -0.347 e. The average molecular weight is 376 g/mol. The van der Waals surface area contributed by atoms with E-state index in [4.69, 9.17) is 0 Å². The quantitative estimate of drug-likeness (QED) is 0.747. The van der Waals surface area contributed by atoms with Crippen LogP contribution in [0.2, 0.25) is 0 Å². The number of amides is 1. The van der Waals surface area contributed by atoms with Crippen LogP contribution in [0.1, 0.15) is 11.6 Å². The van der Waals surface area contributed by atoms with Crippen LogP contribution < -0.4 is 5.32 Å². The van der Waals surface area contributed by atoms with Gasteiger partial charge in [-0.2, -0.15) is 4.31 Å². The lowest BCUT2D eigenvalue weighted by atomic mass is 10.1. The number of carbonyl (C=O) groups is 1. The number of nitrogens with one attached hydrogen (secondary N) is 1. The SMILES string of the molecule is CN(C)CC(NC(=O)CN(C)S(=O)(=O)c1cccnc1)c1ccccc1. The van der Waals surface area contributed by atoms with Gasteiger partial charge in [0.25, 0.3) is 0 Å². The van der Waals surface area contributed by atoms with Gasteiger partial charge in [0.2, 0.25) is 15.9 Å². The first kappa shape index (κ1) is 20.0. The van der Waals surface area contributed by atoms with Crippen LogP contribution in [0.3, 0.4) is 0 Å². The minimum atomic E-state index is -3.76. The van der Waals surface area contributed by atoms with Crippen molar-refractivity contribution in [1.82, 2.24) is 19.5 Å². The summed E-state index contributed by atoms with van der Waals surface area (Å²) in [6.07, 6.45) is 2.76. The van der Waals surface area contributed by atoms with E-state index < -0.39 is 10.0 Å². The number of likely N-dealkylation sites (N-methyl/N-ethyl adjacent to an activating group) is 2. The summed E-state index contributed by atoms with van der Waals surface area (Å²) in [7, 11) is 1.46. The summed E-state index contributed by atoms with van der Waals surface area (Å²) < 4.78 is 26.0. The Morgan fingerprint density at radius 3 is 2.38 bits per heavy atom. The van der Waals surface area contributed by atoms with E-state index >= 15 is 0 Å². The molecule has 2 aromatic rings. The summed E-state index contributed by atoms with van der Waals surface area (Å²) in [6.45, 7) is 0.336. The highest BCUT2D eigenvalue weighted by molar-refractivity contribution is 7.89. The fourth-order valence-corrected chi connectivity index (χ4v) is 3.58. The van der Waals surface area contributed by atoms with Crippen molar-refractivity contribution in [1.29, 1.82) is 0 Å². The molecule has 1 atom stereocenters. The van der Waals surface area contributed by atoms with E-state index in [0.717, 1.165) is 9.87 Å². The molecule has 1 heterocycles. The molecule has 1 amide bonds. The van der Waals surface area contributed by atoms with Crippen LogP contribution >= 0.6 is 0 Å². The van der Waals surface area contributed by atoms with Gasteiger partial charge in [-0.3, -0.25) is 9.78 Å². The Balaban J connectivity index is 2.08. The summed E-state index contributed by atoms with van der Waals surface area (Å²) in [4.78, 5) is 18.3. The fraction of sp³-hybridized carbons (Fsp3) is 0.333. The molecule has 0 aliphatic carbocycles. The van der Waals surface area contributed by atoms with Gasteiger partial charge in [0.1, 0.15) is 4.90 Å². The first-order valence-corrected chi connectivity index (χ1v) is 9.60. The number of hydrogen-bond acceptors (Lipinski definition) is 5. The molecule has 1 aromatic heterocycles. The van der Waals surface area contributed by atoms with Gasteiger partial charge in [0, 0.05) is 26.0 Å². The zero-order valence-corrected chi connectivity index (χ0v) is 16.0. The highest BCUT2D eigenvalue weighted by Gasteiger charge is 2.24. The fourth-order valence-electron chi connectivity index (χ4n) is 2.49. The Morgan fingerprint density at radius 1 is 1.12 bits per heavy atom. The molecule has 1 N–H and O–H groups in total. The van der Waals surface area contributed by atoms with Gasteiger partial charge in [0.05, 0.1) is 12.6 Å². The predicted molar refractivity (Wildman–Crippen MR) is 99.9 cm³/mol. The molecule has 0 spiro atoms. The lowest BCUT2D eigenvalue weighted by molar-refractivity contribution is -0.122. The molecule has 7 nitrogen and oxygen atoms in total. The summed E-state index contributed by atoms with van der Waals surface area (Å²) >= 11 is 0. The molecule has 0 aliphatic heterocycles. The van der Waals surface area contributed by atoms with E-state index in [2.05, 4.69) is 10.3 Å². The third kappa shape index (κ3) is 5.35. The van der Waals surface area contributed by atoms with Crippen LogP contribution in [-0.2, 0) is 14.8 Å². The first-order valence-electron chi connectivity index (χ1n) is 8.16. The number of nitrogens with zero attached hydrogens (tertiary/aromatic N) is 3. The maximum Gasteiger partial charge on any atom is 0.244 e. The van der Waals surface area contributed by atoms with Crippen molar-refractivity contribution < 1.29 is 13.2 Å². The third-order valence-corrected chi connectivity index (χ3v) is 5.58. The van der Waals surface area contributed by atoms with Gasteiger partial charge in [-0.1, -0.05) is 30.3 Å². The summed E-state index contributed by atoms with van der Waals surface area (Å²) in [5.74, 6) is -0.365. The molecule has 8 heteroatoms. The second kappa shape index (κ2) is 8.88. The maximum atomic E-state index is 12.5. The van der Waals surface area contributed by atoms with E-state index in [9.17, 15) is 13.2 Å². The van der Waals surface area contributed by atoms with Crippen molar-refractivity contribution in [2.24, 2.45) is 0 Å². The number of carbonyl (C=O) groups excluding carboxylic acids is 1. The van der Waals surface area contributed by atoms with Gasteiger partial charge in [-0.15, -0.1) is 0 Å². The number of benzene rings is 1. The number of pyridine rings is 1. The van der Waals surface area contributed by atoms with Crippen molar-refractivity contribution in [2.75, 3.05) is 34.2 Å². The zero-order valence-electron chi connectivity index (χ0n) is 15.2. The van der Waals surface area contributed by atoms with E-state index in [-0.39, 0.29) is 23.4 Å². The molecule has 2 rings (SSSR count). The normalized spacial score (nSPS) is 13.0. The second-order valence-electron chi connectivity index (χ2n) is 6.24. The largest absolute Gasteiger partial charge is 0.347 e. The molecule has 140 valence electrons. The van der Waals surface area contributed by atoms with E-state index in [1.54, 1.807) is 6.07 Å². The van der Waals surface area contributed by atoms with Gasteiger partial charge in [0.15, 0.2) is 0 Å². The predicted octanol–water partition coefficient (Wildman–Crippen LogP) is 1.12. The van der Waals surface area contributed by atoms with Crippen molar-refractivity contribution in [3.8, 4) is 0 Å². The number of hydrogen-bond donors (Lipinski definition) is 1. The first-order chi connectivity index (χ1) is 12.3. The van der Waals surface area contributed by atoms with Crippen molar-refractivity contribution in [3.05, 3.63) is 60.4 Å². The molecule has 0 radical (unpaired) electrons. The van der Waals surface area contributed by atoms with Crippen molar-refractivity contribution in [3.63, 3.8) is 0 Å². The molecule has 1 aromatic carbocycles. The summed E-state index contributed by atoms with van der Waals surface area (Å²) in [5, 5.41) is 2.92. The minimum absolute atomic E-state index is 0.0585. The Bertz CT molecular complexity index is 811. The van der Waals surface area contributed by atoms with Crippen LogP contribution in [-0.4, -0.2) is 62.7 Å². The maximum absolute atomic E-state index is 12.5. The highest BCUT2D eigenvalue weighted by atomic mass is 32.2. The Morgan fingerprint density at radius 2 is 1.81 bits per heavy atom. The van der Waals surface area contributed by atoms with Gasteiger partial charge in [-0.25, -0.2) is 8.42 Å². The van der Waals surface area contributed by atoms with Crippen molar-refractivity contribution in [2.45, 2.75) is 10.9 Å². The lowest BCUT2D eigenvalue weighted by Gasteiger charge is -2.24. The smallest absolute Gasteiger partial charge is 0.244 e. The second-order valence-corrected chi connectivity index (χ2v) is 8.29. The molecule has 0 bridgehead atoms. The number of aromatic nitrogens is 1. The lowest BCUT2D eigenvalue weighted by Crippen LogP contribution is -2.42. The van der Waals surface area contributed by atoms with Crippen LogP contribution in [0.4, 0.5) is 0 Å². The van der Waals surface area contributed by atoms with Crippen LogP contribution in [0.5, 0.6) is 0 Å². The van der Waals surface area contributed by atoms with E-state index in [1.165, 1.54) is 25.5 Å². The highest BCUT2D eigenvalue weighted by Crippen LogP contribution is 2.15. The van der Waals surface area contributed by atoms with Crippen LogP contribution in [0, 0.1) is 0 Å². The Labute approximate surface area is 154 Å². The van der Waals surface area contributed by atoms with E-state index in [1.807, 2.05) is 49.3 Å². The number of sulfonamides is 1. The topological polar surface area (TPSA) is 82.6 Å². The monoisotopic (exact) mass is 376 g/mol. The van der Waals surface area contributed by atoms with Crippen LogP contribution in [0.15, 0.2) is 59.8 Å². The van der Waals surface area contributed by atoms with Gasteiger partial charge >= 0.3 is 0 Å². The average Bonchev–Trinajstić information content (AvgIpc) is 2.62. The summed E-state index contributed by atoms with van der Waals surface area (Å²) in [6, 6.07) is 12.4. The molecule has 0 saturated heterocycles. The molecule has 26 heavy (non-hydrogen) atoms. The Hall–Kier alpha value is -2.29. The number of rotatable bonds is 8. The molecule has 0 saturated carbocycles. The Kier molecular flexibility index (Phi) is 6.84. The standard InChI is InChI=1S/C18H24N4O3S/c1-21(2)13-17(15-8-5-4-6-9-15)20-18(23)14-22(3)26(24,25)16-10-7-11-19-12-16/h4-12,17H,13-14H2,1-3H3,(H,20,23). The molecular formula is C18H24N4O3S. The van der Waals surface area contributed by atoms with Crippen LogP contribution in [0.25, 0.3) is 0 Å². The van der Waals surface area contributed by atoms with Gasteiger partial charge < -0.3 is 10.2 Å². The van der Waals surface area contributed by atoms with E-state index in [0.29, 0.717) is 6.54 Å². The summed E-state index contributed by atoms with van der Waals surface area (Å²) in [5.41, 5.74) is 0.965. The third-order valence-electron chi connectivity index (χ3n) is 3.79. The molecule has 0 aliphatic rings. The van der Waals surface area contributed by atoms with Gasteiger partial charge in [-0.05, 0) is 31.8 Å².